The highest BCUT2D eigenvalue weighted by atomic mass is 35.5. The van der Waals surface area contributed by atoms with Gasteiger partial charge >= 0.3 is 7.12 Å². The van der Waals surface area contributed by atoms with E-state index in [2.05, 4.69) is 29.7 Å². The van der Waals surface area contributed by atoms with E-state index in [1.54, 1.807) is 11.0 Å². The first-order chi connectivity index (χ1) is 13.4. The molecule has 158 valence electrons. The predicted octanol–water partition coefficient (Wildman–Crippen LogP) is 4.21. The van der Waals surface area contributed by atoms with Gasteiger partial charge in [0, 0.05) is 30.7 Å². The highest BCUT2D eigenvalue weighted by Gasteiger charge is 2.52. The topological polar surface area (TPSA) is 58.4 Å². The Balaban J connectivity index is 1.66. The van der Waals surface area contributed by atoms with Gasteiger partial charge in [-0.05, 0) is 39.8 Å². The molecule has 2 aromatic rings. The second-order valence-electron chi connectivity index (χ2n) is 9.78. The summed E-state index contributed by atoms with van der Waals surface area (Å²) in [6, 6.07) is 6.85. The lowest BCUT2D eigenvalue weighted by atomic mass is 9.78. The van der Waals surface area contributed by atoms with Gasteiger partial charge in [0.1, 0.15) is 13.1 Å². The van der Waals surface area contributed by atoms with Gasteiger partial charge in [-0.25, -0.2) is 9.67 Å². The Morgan fingerprint density at radius 2 is 1.79 bits per heavy atom. The molecule has 0 radical (unpaired) electrons. The second-order valence-corrected chi connectivity index (χ2v) is 15.8. The smallest absolute Gasteiger partial charge is 0.399 e. The average Bonchev–Trinajstić information content (AvgIpc) is 3.13. The standard InChI is InChI=1S/C20H31BClN3O3Si/c1-19(2)20(3,4)28-21(27-19)16-9-8-15(12-17(16)22)18-23-13-25(24-18)14-26-10-11-29(5,6)7/h8-9,12-13H,10-11,14H2,1-7H3. The van der Waals surface area contributed by atoms with E-state index in [0.29, 0.717) is 17.6 Å². The van der Waals surface area contributed by atoms with Crippen LogP contribution >= 0.6 is 11.6 Å². The fourth-order valence-corrected chi connectivity index (χ4v) is 3.88. The third kappa shape index (κ3) is 5.30. The van der Waals surface area contributed by atoms with Crippen molar-refractivity contribution in [2.45, 2.75) is 71.3 Å². The van der Waals surface area contributed by atoms with Gasteiger partial charge in [-0.2, -0.15) is 0 Å². The summed E-state index contributed by atoms with van der Waals surface area (Å²) in [4.78, 5) is 4.39. The van der Waals surface area contributed by atoms with Crippen molar-refractivity contribution in [2.24, 2.45) is 0 Å². The van der Waals surface area contributed by atoms with Crippen LogP contribution in [0.5, 0.6) is 0 Å². The molecule has 0 spiro atoms. The monoisotopic (exact) mass is 435 g/mol. The molecule has 0 bridgehead atoms. The number of halogens is 1. The first-order valence-corrected chi connectivity index (χ1v) is 14.1. The molecule has 3 rings (SSSR count). The van der Waals surface area contributed by atoms with Crippen molar-refractivity contribution in [3.63, 3.8) is 0 Å². The van der Waals surface area contributed by atoms with Gasteiger partial charge in [-0.3, -0.25) is 0 Å². The Morgan fingerprint density at radius 3 is 2.38 bits per heavy atom. The molecule has 0 atom stereocenters. The third-order valence-electron chi connectivity index (χ3n) is 5.52. The number of ether oxygens (including phenoxy) is 1. The Kier molecular flexibility index (Phi) is 6.32. The quantitative estimate of drug-likeness (QED) is 0.481. The lowest BCUT2D eigenvalue weighted by Gasteiger charge is -2.32. The summed E-state index contributed by atoms with van der Waals surface area (Å²) in [6.07, 6.45) is 1.68. The molecule has 6 nitrogen and oxygen atoms in total. The van der Waals surface area contributed by atoms with Gasteiger partial charge in [0.15, 0.2) is 5.82 Å². The van der Waals surface area contributed by atoms with Crippen LogP contribution in [0.3, 0.4) is 0 Å². The largest absolute Gasteiger partial charge is 0.496 e. The zero-order valence-electron chi connectivity index (χ0n) is 18.5. The number of hydrogen-bond acceptors (Lipinski definition) is 5. The normalized spacial score (nSPS) is 18.4. The van der Waals surface area contributed by atoms with Crippen molar-refractivity contribution >= 4 is 32.3 Å². The van der Waals surface area contributed by atoms with Crippen LogP contribution < -0.4 is 5.46 Å². The zero-order valence-corrected chi connectivity index (χ0v) is 20.2. The minimum absolute atomic E-state index is 0.400. The first kappa shape index (κ1) is 22.5. The zero-order chi connectivity index (χ0) is 21.4. The summed E-state index contributed by atoms with van der Waals surface area (Å²) in [7, 11) is -1.58. The SMILES string of the molecule is CC1(C)OB(c2ccc(-c3ncn(COCC[Si](C)(C)C)n3)cc2Cl)OC1(C)C. The molecule has 1 aliphatic rings. The molecule has 1 fully saturated rings. The number of rotatable bonds is 7. The fourth-order valence-electron chi connectivity index (χ4n) is 2.85. The molecule has 29 heavy (non-hydrogen) atoms. The van der Waals surface area contributed by atoms with Crippen molar-refractivity contribution in [3.05, 3.63) is 29.5 Å². The van der Waals surface area contributed by atoms with E-state index < -0.39 is 26.4 Å². The predicted molar refractivity (Wildman–Crippen MR) is 120 cm³/mol. The maximum atomic E-state index is 6.55. The Labute approximate surface area is 180 Å². The molecular formula is C20H31BClN3O3Si. The second kappa shape index (κ2) is 8.15. The maximum absolute atomic E-state index is 6.55. The number of hydrogen-bond donors (Lipinski definition) is 0. The third-order valence-corrected chi connectivity index (χ3v) is 7.55. The molecule has 9 heteroatoms. The summed E-state index contributed by atoms with van der Waals surface area (Å²) in [6.45, 7) is 16.3. The molecule has 1 aliphatic heterocycles. The van der Waals surface area contributed by atoms with Crippen LogP contribution in [0.25, 0.3) is 11.4 Å². The summed E-state index contributed by atoms with van der Waals surface area (Å²) >= 11 is 6.55. The molecule has 0 N–H and O–H groups in total. The molecular weight excluding hydrogens is 405 g/mol. The summed E-state index contributed by atoms with van der Waals surface area (Å²) in [5, 5.41) is 5.07. The molecule has 0 unspecified atom stereocenters. The van der Waals surface area contributed by atoms with Gasteiger partial charge in [-0.1, -0.05) is 43.4 Å². The first-order valence-electron chi connectivity index (χ1n) is 10.0. The average molecular weight is 436 g/mol. The highest BCUT2D eigenvalue weighted by Crippen LogP contribution is 2.37. The van der Waals surface area contributed by atoms with E-state index in [0.717, 1.165) is 23.7 Å². The maximum Gasteiger partial charge on any atom is 0.496 e. The van der Waals surface area contributed by atoms with E-state index in [-0.39, 0.29) is 0 Å². The van der Waals surface area contributed by atoms with Crippen LogP contribution in [0.2, 0.25) is 30.7 Å². The Morgan fingerprint density at radius 1 is 1.14 bits per heavy atom. The molecule has 1 aromatic carbocycles. The van der Waals surface area contributed by atoms with E-state index >= 15 is 0 Å². The van der Waals surface area contributed by atoms with E-state index in [4.69, 9.17) is 25.6 Å². The number of aromatic nitrogens is 3. The van der Waals surface area contributed by atoms with Crippen LogP contribution in [0.15, 0.2) is 24.5 Å². The van der Waals surface area contributed by atoms with E-state index in [1.807, 2.05) is 45.9 Å². The van der Waals surface area contributed by atoms with Crippen LogP contribution in [0.1, 0.15) is 27.7 Å². The molecule has 0 saturated carbocycles. The molecule has 1 saturated heterocycles. The van der Waals surface area contributed by atoms with Crippen molar-refractivity contribution in [3.8, 4) is 11.4 Å². The van der Waals surface area contributed by atoms with Gasteiger partial charge in [0.25, 0.3) is 0 Å². The molecule has 2 heterocycles. The van der Waals surface area contributed by atoms with Crippen LogP contribution in [0.4, 0.5) is 0 Å². The number of nitrogens with zero attached hydrogens (tertiary/aromatic N) is 3. The number of benzene rings is 1. The molecule has 0 amide bonds. The Bertz CT molecular complexity index is 851. The van der Waals surface area contributed by atoms with Crippen molar-refractivity contribution < 1.29 is 14.0 Å². The fraction of sp³-hybridized carbons (Fsp3) is 0.600. The van der Waals surface area contributed by atoms with Crippen LogP contribution in [-0.2, 0) is 20.8 Å². The van der Waals surface area contributed by atoms with Crippen molar-refractivity contribution in [1.82, 2.24) is 14.8 Å². The Hall–Kier alpha value is -1.19. The summed E-state index contributed by atoms with van der Waals surface area (Å²) in [5.74, 6) is 0.612. The minimum atomic E-state index is -1.09. The van der Waals surface area contributed by atoms with Crippen molar-refractivity contribution in [2.75, 3.05) is 6.61 Å². The van der Waals surface area contributed by atoms with E-state index in [1.165, 1.54) is 0 Å². The van der Waals surface area contributed by atoms with Gasteiger partial charge in [0.2, 0.25) is 0 Å². The van der Waals surface area contributed by atoms with Crippen LogP contribution in [0, 0.1) is 0 Å². The van der Waals surface area contributed by atoms with Gasteiger partial charge < -0.3 is 14.0 Å². The summed E-state index contributed by atoms with van der Waals surface area (Å²) in [5.41, 5.74) is 0.838. The van der Waals surface area contributed by atoms with E-state index in [9.17, 15) is 0 Å². The van der Waals surface area contributed by atoms with Gasteiger partial charge in [-0.15, -0.1) is 5.10 Å². The minimum Gasteiger partial charge on any atom is -0.399 e. The van der Waals surface area contributed by atoms with Crippen molar-refractivity contribution in [1.29, 1.82) is 0 Å². The lowest BCUT2D eigenvalue weighted by molar-refractivity contribution is 0.00578. The van der Waals surface area contributed by atoms with Crippen LogP contribution in [-0.4, -0.2) is 47.8 Å². The highest BCUT2D eigenvalue weighted by molar-refractivity contribution is 6.76. The van der Waals surface area contributed by atoms with Gasteiger partial charge in [0.05, 0.1) is 11.2 Å². The molecule has 0 aliphatic carbocycles. The lowest BCUT2D eigenvalue weighted by Crippen LogP contribution is -2.41. The molecule has 1 aromatic heterocycles. The summed E-state index contributed by atoms with van der Waals surface area (Å²) < 4.78 is 19.6.